The Morgan fingerprint density at radius 3 is 1.45 bits per heavy atom. The average molecular weight is 530 g/mol. The third-order valence-corrected chi connectivity index (χ3v) is 5.42. The number of hydrogen-bond donors (Lipinski definition) is 2. The lowest BCUT2D eigenvalue weighted by Crippen LogP contribution is -2.31. The Labute approximate surface area is 195 Å². The predicted molar refractivity (Wildman–Crippen MR) is 129 cm³/mol. The highest BCUT2D eigenvalue weighted by Crippen LogP contribution is 2.31. The molecule has 2 N–H and O–H groups in total. The Kier molecular flexibility index (Phi) is 7.88. The van der Waals surface area contributed by atoms with Gasteiger partial charge in [-0.2, -0.15) is 0 Å². The summed E-state index contributed by atoms with van der Waals surface area (Å²) < 4.78 is 12.4. The third kappa shape index (κ3) is 6.45. The first-order valence-corrected chi connectivity index (χ1v) is 10.9. The van der Waals surface area contributed by atoms with E-state index >= 15 is 0 Å². The van der Waals surface area contributed by atoms with Crippen LogP contribution in [0.4, 0.5) is 11.4 Å². The molecule has 0 aromatic heterocycles. The maximum atomic E-state index is 12.4. The molecule has 160 valence electrons. The van der Waals surface area contributed by atoms with Gasteiger partial charge in [0.1, 0.15) is 11.5 Å². The summed E-state index contributed by atoms with van der Waals surface area (Å²) in [4.78, 5) is 24.9. The number of carbonyl (C=O) groups is 2. The van der Waals surface area contributed by atoms with Gasteiger partial charge in [-0.05, 0) is 72.8 Å². The van der Waals surface area contributed by atoms with Gasteiger partial charge >= 0.3 is 0 Å². The van der Waals surface area contributed by atoms with Gasteiger partial charge in [-0.1, -0.05) is 42.5 Å². The molecule has 2 amide bonds. The molecule has 0 aliphatic heterocycles. The number of benzene rings is 3. The first-order chi connectivity index (χ1) is 14.9. The van der Waals surface area contributed by atoms with Crippen molar-refractivity contribution in [3.63, 3.8) is 0 Å². The van der Waals surface area contributed by atoms with Crippen LogP contribution >= 0.6 is 22.6 Å². The van der Waals surface area contributed by atoms with Crippen molar-refractivity contribution in [1.29, 1.82) is 0 Å². The van der Waals surface area contributed by atoms with Crippen LogP contribution in [-0.2, 0) is 9.59 Å². The number of ether oxygens (including phenoxy) is 2. The minimum atomic E-state index is -0.720. The first kappa shape index (κ1) is 22.6. The zero-order valence-corrected chi connectivity index (χ0v) is 19.3. The number of nitrogens with one attached hydrogen (secondary N) is 2. The zero-order valence-electron chi connectivity index (χ0n) is 17.2. The van der Waals surface area contributed by atoms with Gasteiger partial charge in [-0.3, -0.25) is 9.59 Å². The van der Waals surface area contributed by atoms with Gasteiger partial charge in [-0.15, -0.1) is 0 Å². The largest absolute Gasteiger partial charge is 0.480 e. The Hall–Kier alpha value is -3.07. The van der Waals surface area contributed by atoms with Crippen LogP contribution in [0.5, 0.6) is 11.5 Å². The van der Waals surface area contributed by atoms with Crippen LogP contribution in [0.3, 0.4) is 0 Å². The van der Waals surface area contributed by atoms with E-state index in [4.69, 9.17) is 9.47 Å². The van der Waals surface area contributed by atoms with E-state index < -0.39 is 12.2 Å². The molecular formula is C24H23IN2O4. The molecule has 3 aromatic rings. The molecule has 0 radical (unpaired) electrons. The number of hydrogen-bond acceptors (Lipinski definition) is 4. The standard InChI is InChI=1S/C24H23IN2O4/c1-16(23(28)26-18-10-5-3-6-11-18)30-20-14-9-15-21(22(20)25)31-17(2)24(29)27-19-12-7-4-8-13-19/h3-17H,1-2H3,(H,26,28)(H,27,29)/t16-,17-/m1/s1. The minimum absolute atomic E-state index is 0.260. The smallest absolute Gasteiger partial charge is 0.265 e. The summed E-state index contributed by atoms with van der Waals surface area (Å²) in [5.74, 6) is 0.488. The molecule has 0 bridgehead atoms. The fourth-order valence-corrected chi connectivity index (χ4v) is 3.31. The fourth-order valence-electron chi connectivity index (χ4n) is 2.69. The van der Waals surface area contributed by atoms with Gasteiger partial charge in [-0.25, -0.2) is 0 Å². The number of halogens is 1. The number of amides is 2. The van der Waals surface area contributed by atoms with Crippen LogP contribution in [0.1, 0.15) is 13.8 Å². The van der Waals surface area contributed by atoms with Gasteiger partial charge in [0, 0.05) is 11.4 Å². The maximum absolute atomic E-state index is 12.4. The molecule has 2 atom stereocenters. The molecule has 3 rings (SSSR count). The normalized spacial score (nSPS) is 12.4. The lowest BCUT2D eigenvalue weighted by Gasteiger charge is -2.19. The summed E-state index contributed by atoms with van der Waals surface area (Å²) in [7, 11) is 0. The number of para-hydroxylation sites is 2. The minimum Gasteiger partial charge on any atom is -0.480 e. The van der Waals surface area contributed by atoms with Crippen molar-refractivity contribution in [2.45, 2.75) is 26.1 Å². The van der Waals surface area contributed by atoms with Crippen LogP contribution in [0.2, 0.25) is 0 Å². The van der Waals surface area contributed by atoms with Crippen LogP contribution in [0, 0.1) is 3.57 Å². The Morgan fingerprint density at radius 2 is 1.06 bits per heavy atom. The molecule has 0 fully saturated rings. The second-order valence-electron chi connectivity index (χ2n) is 6.80. The van der Waals surface area contributed by atoms with E-state index in [1.54, 1.807) is 32.0 Å². The van der Waals surface area contributed by atoms with E-state index in [-0.39, 0.29) is 11.8 Å². The quantitative estimate of drug-likeness (QED) is 0.398. The van der Waals surface area contributed by atoms with Crippen molar-refractivity contribution in [2.24, 2.45) is 0 Å². The summed E-state index contributed by atoms with van der Waals surface area (Å²) >= 11 is 2.09. The van der Waals surface area contributed by atoms with Crippen LogP contribution in [0.25, 0.3) is 0 Å². The second kappa shape index (κ2) is 10.8. The van der Waals surface area contributed by atoms with E-state index in [1.807, 2.05) is 60.7 Å². The summed E-state index contributed by atoms with van der Waals surface area (Å²) in [6.45, 7) is 3.36. The summed E-state index contributed by atoms with van der Waals surface area (Å²) in [5, 5.41) is 5.63. The summed E-state index contributed by atoms with van der Waals surface area (Å²) in [6.07, 6.45) is -1.44. The number of anilines is 2. The monoisotopic (exact) mass is 530 g/mol. The van der Waals surface area contributed by atoms with E-state index in [1.165, 1.54) is 0 Å². The van der Waals surface area contributed by atoms with Crippen LogP contribution in [0.15, 0.2) is 78.9 Å². The molecule has 0 saturated heterocycles. The molecule has 0 aliphatic rings. The van der Waals surface area contributed by atoms with Gasteiger partial charge in [0.15, 0.2) is 12.2 Å². The molecule has 31 heavy (non-hydrogen) atoms. The van der Waals surface area contributed by atoms with E-state index in [9.17, 15) is 9.59 Å². The summed E-state index contributed by atoms with van der Waals surface area (Å²) in [6, 6.07) is 23.7. The van der Waals surface area contributed by atoms with Crippen molar-refractivity contribution in [3.8, 4) is 11.5 Å². The molecular weight excluding hydrogens is 507 g/mol. The lowest BCUT2D eigenvalue weighted by molar-refractivity contribution is -0.122. The van der Waals surface area contributed by atoms with E-state index in [2.05, 4.69) is 33.2 Å². The highest BCUT2D eigenvalue weighted by atomic mass is 127. The zero-order chi connectivity index (χ0) is 22.2. The Bertz CT molecular complexity index is 949. The van der Waals surface area contributed by atoms with Crippen molar-refractivity contribution in [3.05, 3.63) is 82.4 Å². The Morgan fingerprint density at radius 1 is 0.677 bits per heavy atom. The maximum Gasteiger partial charge on any atom is 0.265 e. The molecule has 0 saturated carbocycles. The van der Waals surface area contributed by atoms with Gasteiger partial charge in [0.05, 0.1) is 3.57 Å². The van der Waals surface area contributed by atoms with Gasteiger partial charge < -0.3 is 20.1 Å². The molecule has 7 heteroatoms. The van der Waals surface area contributed by atoms with Crippen LogP contribution < -0.4 is 20.1 Å². The van der Waals surface area contributed by atoms with Crippen LogP contribution in [-0.4, -0.2) is 24.0 Å². The predicted octanol–water partition coefficient (Wildman–Crippen LogP) is 5.10. The van der Waals surface area contributed by atoms with E-state index in [0.717, 1.165) is 0 Å². The fraction of sp³-hybridized carbons (Fsp3) is 0.167. The van der Waals surface area contributed by atoms with Gasteiger partial charge in [0.2, 0.25) is 0 Å². The molecule has 3 aromatic carbocycles. The highest BCUT2D eigenvalue weighted by Gasteiger charge is 2.20. The van der Waals surface area contributed by atoms with E-state index in [0.29, 0.717) is 26.4 Å². The number of rotatable bonds is 8. The van der Waals surface area contributed by atoms with Gasteiger partial charge in [0.25, 0.3) is 11.8 Å². The molecule has 0 unspecified atom stereocenters. The summed E-state index contributed by atoms with van der Waals surface area (Å²) in [5.41, 5.74) is 1.40. The molecule has 0 heterocycles. The SMILES string of the molecule is C[C@@H](Oc1cccc(O[C@H](C)C(=O)Nc2ccccc2)c1I)C(=O)Nc1ccccc1. The molecule has 6 nitrogen and oxygen atoms in total. The van der Waals surface area contributed by atoms with Crippen molar-refractivity contribution in [2.75, 3.05) is 10.6 Å². The second-order valence-corrected chi connectivity index (χ2v) is 7.88. The van der Waals surface area contributed by atoms with Crippen molar-refractivity contribution < 1.29 is 19.1 Å². The molecule has 0 spiro atoms. The Balaban J connectivity index is 1.62. The highest BCUT2D eigenvalue weighted by molar-refractivity contribution is 14.1. The third-order valence-electron chi connectivity index (χ3n) is 4.36. The molecule has 0 aliphatic carbocycles. The average Bonchev–Trinajstić information content (AvgIpc) is 2.77. The van der Waals surface area contributed by atoms with Crippen molar-refractivity contribution in [1.82, 2.24) is 0 Å². The first-order valence-electron chi connectivity index (χ1n) is 9.77. The number of carbonyl (C=O) groups excluding carboxylic acids is 2. The topological polar surface area (TPSA) is 76.7 Å². The van der Waals surface area contributed by atoms with Crippen molar-refractivity contribution >= 4 is 45.8 Å². The lowest BCUT2D eigenvalue weighted by atomic mass is 10.2.